The molecule has 2 aliphatic rings. The van der Waals surface area contributed by atoms with E-state index in [0.29, 0.717) is 43.4 Å². The highest BCUT2D eigenvalue weighted by Crippen LogP contribution is 2.31. The van der Waals surface area contributed by atoms with Crippen molar-refractivity contribution >= 4 is 16.1 Å². The van der Waals surface area contributed by atoms with E-state index in [0.717, 1.165) is 6.42 Å². The molecule has 1 amide bonds. The van der Waals surface area contributed by atoms with Crippen molar-refractivity contribution in [3.8, 4) is 11.5 Å². The molecule has 0 aromatic heterocycles. The second-order valence-corrected chi connectivity index (χ2v) is 8.34. The molecule has 0 atom stereocenters. The van der Waals surface area contributed by atoms with Crippen LogP contribution in [-0.2, 0) is 10.2 Å². The van der Waals surface area contributed by atoms with Gasteiger partial charge in [-0.3, -0.25) is 4.79 Å². The van der Waals surface area contributed by atoms with E-state index in [4.69, 9.17) is 9.47 Å². The van der Waals surface area contributed by atoms with Crippen LogP contribution in [0.4, 0.5) is 0 Å². The molecule has 2 aliphatic heterocycles. The fourth-order valence-corrected chi connectivity index (χ4v) is 3.92. The molecule has 0 saturated carbocycles. The maximum Gasteiger partial charge on any atom is 0.281 e. The van der Waals surface area contributed by atoms with Crippen LogP contribution in [0.5, 0.6) is 11.5 Å². The number of carbonyl (C=O) groups is 1. The van der Waals surface area contributed by atoms with Crippen molar-refractivity contribution in [2.45, 2.75) is 6.42 Å². The molecule has 1 aromatic rings. The summed E-state index contributed by atoms with van der Waals surface area (Å²) in [6, 6.07) is 5.17. The number of hydrogen-bond acceptors (Lipinski definition) is 5. The first-order valence-corrected chi connectivity index (χ1v) is 9.66. The lowest BCUT2D eigenvalue weighted by Crippen LogP contribution is -2.53. The van der Waals surface area contributed by atoms with Gasteiger partial charge in [0, 0.05) is 52.3 Å². The fraction of sp³-hybridized carbons (Fsp3) is 0.562. The lowest BCUT2D eigenvalue weighted by molar-refractivity contribution is 0.0694. The molecule has 2 heterocycles. The number of nitrogens with zero attached hydrogens (tertiary/aromatic N) is 3. The Kier molecular flexibility index (Phi) is 5.16. The molecule has 1 saturated heterocycles. The van der Waals surface area contributed by atoms with Crippen molar-refractivity contribution < 1.29 is 22.7 Å². The Morgan fingerprint density at radius 1 is 1.04 bits per heavy atom. The molecule has 0 bridgehead atoms. The Labute approximate surface area is 148 Å². The molecule has 0 spiro atoms. The van der Waals surface area contributed by atoms with E-state index in [1.807, 2.05) is 0 Å². The maximum atomic E-state index is 12.7. The molecule has 25 heavy (non-hydrogen) atoms. The molecular formula is C16H23N3O5S. The van der Waals surface area contributed by atoms with Gasteiger partial charge in [-0.15, -0.1) is 0 Å². The van der Waals surface area contributed by atoms with Crippen molar-refractivity contribution in [3.63, 3.8) is 0 Å². The minimum absolute atomic E-state index is 0.127. The lowest BCUT2D eigenvalue weighted by atomic mass is 10.1. The van der Waals surface area contributed by atoms with Gasteiger partial charge >= 0.3 is 0 Å². The highest BCUT2D eigenvalue weighted by atomic mass is 32.2. The van der Waals surface area contributed by atoms with Crippen LogP contribution in [0.3, 0.4) is 0 Å². The van der Waals surface area contributed by atoms with Gasteiger partial charge in [-0.05, 0) is 18.2 Å². The molecule has 0 aliphatic carbocycles. The largest absolute Gasteiger partial charge is 0.490 e. The molecule has 9 heteroatoms. The third-order valence-corrected chi connectivity index (χ3v) is 6.25. The van der Waals surface area contributed by atoms with Crippen LogP contribution in [0.25, 0.3) is 0 Å². The van der Waals surface area contributed by atoms with Crippen LogP contribution in [0.15, 0.2) is 18.2 Å². The van der Waals surface area contributed by atoms with Gasteiger partial charge in [0.2, 0.25) is 0 Å². The van der Waals surface area contributed by atoms with E-state index in [1.54, 1.807) is 23.1 Å². The standard InChI is InChI=1S/C16H23N3O5S/c1-17(2)25(21,22)19-8-6-18(7-9-19)16(20)13-4-5-14-15(12-13)24-11-3-10-23-14/h4-5,12H,3,6-11H2,1-2H3. The van der Waals surface area contributed by atoms with Crippen LogP contribution in [0, 0.1) is 0 Å². The molecule has 8 nitrogen and oxygen atoms in total. The van der Waals surface area contributed by atoms with Crippen molar-refractivity contribution in [1.29, 1.82) is 0 Å². The summed E-state index contributed by atoms with van der Waals surface area (Å²) in [6.45, 7) is 2.46. The number of fused-ring (bicyclic) bond motifs is 1. The number of piperazine rings is 1. The molecule has 3 rings (SSSR count). The highest BCUT2D eigenvalue weighted by molar-refractivity contribution is 7.86. The van der Waals surface area contributed by atoms with Gasteiger partial charge in [0.25, 0.3) is 16.1 Å². The second kappa shape index (κ2) is 7.19. The highest BCUT2D eigenvalue weighted by Gasteiger charge is 2.30. The number of carbonyl (C=O) groups excluding carboxylic acids is 1. The predicted octanol–water partition coefficient (Wildman–Crippen LogP) is 0.412. The molecule has 0 unspecified atom stereocenters. The van der Waals surface area contributed by atoms with E-state index in [9.17, 15) is 13.2 Å². The van der Waals surface area contributed by atoms with Gasteiger partial charge < -0.3 is 14.4 Å². The minimum Gasteiger partial charge on any atom is -0.490 e. The van der Waals surface area contributed by atoms with Crippen molar-refractivity contribution in [2.24, 2.45) is 0 Å². The second-order valence-electron chi connectivity index (χ2n) is 6.19. The van der Waals surface area contributed by atoms with E-state index in [-0.39, 0.29) is 19.0 Å². The first kappa shape index (κ1) is 18.0. The summed E-state index contributed by atoms with van der Waals surface area (Å²) in [7, 11) is -0.429. The first-order valence-electron chi connectivity index (χ1n) is 8.26. The minimum atomic E-state index is -3.44. The average molecular weight is 369 g/mol. The predicted molar refractivity (Wildman–Crippen MR) is 92.1 cm³/mol. The summed E-state index contributed by atoms with van der Waals surface area (Å²) in [5.74, 6) is 1.10. The van der Waals surface area contributed by atoms with Crippen molar-refractivity contribution in [1.82, 2.24) is 13.5 Å². The number of benzene rings is 1. The molecule has 0 radical (unpaired) electrons. The average Bonchev–Trinajstić information content (AvgIpc) is 2.85. The van der Waals surface area contributed by atoms with Gasteiger partial charge in [0.05, 0.1) is 13.2 Å². The zero-order chi connectivity index (χ0) is 18.0. The van der Waals surface area contributed by atoms with Crippen LogP contribution in [0.1, 0.15) is 16.8 Å². The van der Waals surface area contributed by atoms with Crippen LogP contribution in [0.2, 0.25) is 0 Å². The SMILES string of the molecule is CN(C)S(=O)(=O)N1CCN(C(=O)c2ccc3c(c2)OCCCO3)CC1. The van der Waals surface area contributed by atoms with E-state index in [1.165, 1.54) is 22.7 Å². The number of rotatable bonds is 3. The van der Waals surface area contributed by atoms with Gasteiger partial charge in [0.15, 0.2) is 11.5 Å². The zero-order valence-electron chi connectivity index (χ0n) is 14.5. The summed E-state index contributed by atoms with van der Waals surface area (Å²) in [5.41, 5.74) is 0.521. The first-order chi connectivity index (χ1) is 11.9. The topological polar surface area (TPSA) is 79.4 Å². The number of hydrogen-bond donors (Lipinski definition) is 0. The van der Waals surface area contributed by atoms with Crippen molar-refractivity contribution in [2.75, 3.05) is 53.5 Å². The monoisotopic (exact) mass is 369 g/mol. The van der Waals surface area contributed by atoms with Crippen LogP contribution >= 0.6 is 0 Å². The summed E-state index contributed by atoms with van der Waals surface area (Å²) in [5, 5.41) is 0. The zero-order valence-corrected chi connectivity index (χ0v) is 15.3. The van der Waals surface area contributed by atoms with Gasteiger partial charge in [0.1, 0.15) is 0 Å². The van der Waals surface area contributed by atoms with Crippen LogP contribution in [-0.4, -0.2) is 81.3 Å². The summed E-state index contributed by atoms with van der Waals surface area (Å²) < 4.78 is 38.1. The van der Waals surface area contributed by atoms with E-state index in [2.05, 4.69) is 0 Å². The van der Waals surface area contributed by atoms with Gasteiger partial charge in [-0.1, -0.05) is 0 Å². The molecule has 1 aromatic carbocycles. The number of ether oxygens (including phenoxy) is 2. The van der Waals surface area contributed by atoms with E-state index >= 15 is 0 Å². The lowest BCUT2D eigenvalue weighted by Gasteiger charge is -2.35. The van der Waals surface area contributed by atoms with Gasteiger partial charge in [-0.2, -0.15) is 17.0 Å². The Bertz CT molecular complexity index is 742. The quantitative estimate of drug-likeness (QED) is 0.771. The summed E-state index contributed by atoms with van der Waals surface area (Å²) >= 11 is 0. The maximum absolute atomic E-state index is 12.7. The molecule has 1 fully saturated rings. The van der Waals surface area contributed by atoms with Crippen molar-refractivity contribution in [3.05, 3.63) is 23.8 Å². The molecule has 0 N–H and O–H groups in total. The normalized spacial score (nSPS) is 18.9. The molecular weight excluding hydrogens is 346 g/mol. The third kappa shape index (κ3) is 3.73. The summed E-state index contributed by atoms with van der Waals surface area (Å²) in [6.07, 6.45) is 0.806. The summed E-state index contributed by atoms with van der Waals surface area (Å²) in [4.78, 5) is 14.4. The number of amides is 1. The Morgan fingerprint density at radius 2 is 1.68 bits per heavy atom. The smallest absolute Gasteiger partial charge is 0.281 e. The third-order valence-electron chi connectivity index (χ3n) is 4.31. The Morgan fingerprint density at radius 3 is 2.32 bits per heavy atom. The Hall–Kier alpha value is -1.84. The Balaban J connectivity index is 1.68. The van der Waals surface area contributed by atoms with E-state index < -0.39 is 10.2 Å². The van der Waals surface area contributed by atoms with Crippen LogP contribution < -0.4 is 9.47 Å². The molecule has 138 valence electrons. The fourth-order valence-electron chi connectivity index (χ4n) is 2.83. The van der Waals surface area contributed by atoms with Gasteiger partial charge in [-0.25, -0.2) is 0 Å².